The van der Waals surface area contributed by atoms with E-state index in [1.54, 1.807) is 24.3 Å². The number of nitrogens with zero attached hydrogens (tertiary/aromatic N) is 1. The average molecular weight is 418 g/mol. The monoisotopic (exact) mass is 417 g/mol. The van der Waals surface area contributed by atoms with Gasteiger partial charge >= 0.3 is 0 Å². The van der Waals surface area contributed by atoms with Gasteiger partial charge in [0.1, 0.15) is 5.76 Å². The van der Waals surface area contributed by atoms with Crippen molar-refractivity contribution in [3.8, 4) is 0 Å². The van der Waals surface area contributed by atoms with E-state index in [-0.39, 0.29) is 11.3 Å². The summed E-state index contributed by atoms with van der Waals surface area (Å²) in [6.45, 7) is 2.05. The number of hydrogen-bond acceptors (Lipinski definition) is 3. The van der Waals surface area contributed by atoms with Gasteiger partial charge in [-0.15, -0.1) is 0 Å². The Balaban J connectivity index is 1.92. The minimum absolute atomic E-state index is 0.0491. The van der Waals surface area contributed by atoms with E-state index < -0.39 is 17.7 Å². The van der Waals surface area contributed by atoms with Gasteiger partial charge < -0.3 is 5.11 Å². The van der Waals surface area contributed by atoms with Crippen molar-refractivity contribution < 1.29 is 14.7 Å². The van der Waals surface area contributed by atoms with Gasteiger partial charge in [0.05, 0.1) is 11.6 Å². The highest BCUT2D eigenvalue weighted by atomic mass is 35.5. The minimum atomic E-state index is -0.738. The number of aliphatic hydroxyl groups is 1. The molecule has 4 nitrogen and oxygen atoms in total. The van der Waals surface area contributed by atoms with Gasteiger partial charge in [-0.1, -0.05) is 73.1 Å². The van der Waals surface area contributed by atoms with Gasteiger partial charge in [-0.3, -0.25) is 14.5 Å². The molecule has 1 aliphatic rings. The van der Waals surface area contributed by atoms with Crippen molar-refractivity contribution in [3.05, 3.63) is 106 Å². The zero-order valence-corrected chi connectivity index (χ0v) is 17.1. The van der Waals surface area contributed by atoms with Gasteiger partial charge in [0.25, 0.3) is 11.7 Å². The number of amides is 1. The Bertz CT molecular complexity index is 1140. The van der Waals surface area contributed by atoms with Crippen molar-refractivity contribution in [2.75, 3.05) is 4.90 Å². The van der Waals surface area contributed by atoms with Crippen molar-refractivity contribution >= 4 is 34.7 Å². The molecule has 1 N–H and O–H groups in total. The molecule has 3 aromatic carbocycles. The second-order valence-electron chi connectivity index (χ2n) is 7.11. The lowest BCUT2D eigenvalue weighted by molar-refractivity contribution is -0.132. The highest BCUT2D eigenvalue weighted by molar-refractivity contribution is 6.51. The number of Topliss-reactive ketones (excluding diaryl/α,β-unsaturated/α-hetero) is 1. The van der Waals surface area contributed by atoms with E-state index in [9.17, 15) is 14.7 Å². The molecule has 0 bridgehead atoms. The smallest absolute Gasteiger partial charge is 0.300 e. The second-order valence-corrected chi connectivity index (χ2v) is 7.55. The first kappa shape index (κ1) is 19.9. The van der Waals surface area contributed by atoms with Gasteiger partial charge in [0, 0.05) is 16.3 Å². The fourth-order valence-electron chi connectivity index (χ4n) is 3.73. The van der Waals surface area contributed by atoms with Crippen LogP contribution in [-0.2, 0) is 16.0 Å². The molecule has 4 rings (SSSR count). The third kappa shape index (κ3) is 3.51. The SMILES string of the molecule is CCc1ccc(N2C(=O)C(=O)/C(=C(\O)c3cccc(Cl)c3)C2c2ccccc2)cc1. The summed E-state index contributed by atoms with van der Waals surface area (Å²) in [5.74, 6) is -1.63. The van der Waals surface area contributed by atoms with Crippen LogP contribution in [0.4, 0.5) is 5.69 Å². The first-order chi connectivity index (χ1) is 14.5. The summed E-state index contributed by atoms with van der Waals surface area (Å²) >= 11 is 6.07. The number of anilines is 1. The molecule has 150 valence electrons. The molecule has 1 aliphatic heterocycles. The number of carbonyl (C=O) groups is 2. The van der Waals surface area contributed by atoms with Crippen LogP contribution >= 0.6 is 11.6 Å². The lowest BCUT2D eigenvalue weighted by Crippen LogP contribution is -2.29. The summed E-state index contributed by atoms with van der Waals surface area (Å²) in [5.41, 5.74) is 2.91. The Morgan fingerprint density at radius 3 is 2.30 bits per heavy atom. The van der Waals surface area contributed by atoms with E-state index in [1.807, 2.05) is 54.6 Å². The Labute approximate surface area is 180 Å². The number of benzene rings is 3. The van der Waals surface area contributed by atoms with Crippen molar-refractivity contribution in [2.24, 2.45) is 0 Å². The predicted molar refractivity (Wildman–Crippen MR) is 118 cm³/mol. The number of hydrogen-bond donors (Lipinski definition) is 1. The standard InChI is InChI=1S/C25H20ClNO3/c1-2-16-11-13-20(14-12-16)27-22(17-7-4-3-5-8-17)21(24(29)25(27)30)23(28)18-9-6-10-19(26)15-18/h3-15,22,28H,2H2,1H3/b23-21-. The zero-order valence-electron chi connectivity index (χ0n) is 16.4. The largest absolute Gasteiger partial charge is 0.507 e. The maximum atomic E-state index is 13.1. The van der Waals surface area contributed by atoms with Crippen LogP contribution in [-0.4, -0.2) is 16.8 Å². The molecule has 1 heterocycles. The maximum Gasteiger partial charge on any atom is 0.300 e. The summed E-state index contributed by atoms with van der Waals surface area (Å²) in [4.78, 5) is 27.6. The van der Waals surface area contributed by atoms with Crippen LogP contribution in [0.2, 0.25) is 5.02 Å². The molecule has 0 aromatic heterocycles. The number of carbonyl (C=O) groups excluding carboxylic acids is 2. The van der Waals surface area contributed by atoms with Gasteiger partial charge in [0.15, 0.2) is 0 Å². The maximum absolute atomic E-state index is 13.1. The van der Waals surface area contributed by atoms with E-state index in [0.717, 1.165) is 17.5 Å². The third-order valence-electron chi connectivity index (χ3n) is 5.28. The van der Waals surface area contributed by atoms with E-state index >= 15 is 0 Å². The summed E-state index contributed by atoms with van der Waals surface area (Å²) in [5, 5.41) is 11.5. The molecule has 1 fully saturated rings. The Hall–Kier alpha value is -3.37. The summed E-state index contributed by atoms with van der Waals surface area (Å²) in [7, 11) is 0. The Morgan fingerprint density at radius 1 is 0.967 bits per heavy atom. The van der Waals surface area contributed by atoms with Crippen molar-refractivity contribution in [2.45, 2.75) is 19.4 Å². The number of aliphatic hydroxyl groups excluding tert-OH is 1. The van der Waals surface area contributed by atoms with E-state index in [0.29, 0.717) is 16.3 Å². The molecular formula is C25H20ClNO3. The molecule has 30 heavy (non-hydrogen) atoms. The van der Waals surface area contributed by atoms with E-state index in [1.165, 1.54) is 4.90 Å². The molecule has 0 spiro atoms. The number of halogens is 1. The summed E-state index contributed by atoms with van der Waals surface area (Å²) < 4.78 is 0. The Morgan fingerprint density at radius 2 is 1.67 bits per heavy atom. The minimum Gasteiger partial charge on any atom is -0.507 e. The van der Waals surface area contributed by atoms with Crippen LogP contribution < -0.4 is 4.90 Å². The molecule has 0 aliphatic carbocycles. The summed E-state index contributed by atoms with van der Waals surface area (Å²) in [6.07, 6.45) is 0.871. The summed E-state index contributed by atoms with van der Waals surface area (Å²) in [6, 6.07) is 22.6. The molecule has 1 saturated heterocycles. The van der Waals surface area contributed by atoms with Crippen LogP contribution in [0.1, 0.15) is 29.7 Å². The zero-order chi connectivity index (χ0) is 21.3. The quantitative estimate of drug-likeness (QED) is 0.345. The van der Waals surface area contributed by atoms with Gasteiger partial charge in [0.2, 0.25) is 0 Å². The molecule has 0 saturated carbocycles. The van der Waals surface area contributed by atoms with Crippen molar-refractivity contribution in [1.29, 1.82) is 0 Å². The van der Waals surface area contributed by atoms with Crippen LogP contribution in [0.25, 0.3) is 5.76 Å². The molecule has 3 aromatic rings. The predicted octanol–water partition coefficient (Wildman–Crippen LogP) is 5.53. The van der Waals surface area contributed by atoms with Crippen molar-refractivity contribution in [3.63, 3.8) is 0 Å². The number of aryl methyl sites for hydroxylation is 1. The average Bonchev–Trinajstić information content (AvgIpc) is 3.04. The third-order valence-corrected chi connectivity index (χ3v) is 5.52. The van der Waals surface area contributed by atoms with Crippen LogP contribution in [0.3, 0.4) is 0 Å². The second kappa shape index (κ2) is 8.17. The van der Waals surface area contributed by atoms with Crippen LogP contribution in [0.15, 0.2) is 84.4 Å². The van der Waals surface area contributed by atoms with Crippen molar-refractivity contribution in [1.82, 2.24) is 0 Å². The molecule has 5 heteroatoms. The first-order valence-electron chi connectivity index (χ1n) is 9.72. The lowest BCUT2D eigenvalue weighted by Gasteiger charge is -2.25. The molecule has 1 unspecified atom stereocenters. The van der Waals surface area contributed by atoms with E-state index in [2.05, 4.69) is 6.92 Å². The fourth-order valence-corrected chi connectivity index (χ4v) is 3.92. The topological polar surface area (TPSA) is 57.6 Å². The molecular weight excluding hydrogens is 398 g/mol. The fraction of sp³-hybridized carbons (Fsp3) is 0.120. The molecule has 0 radical (unpaired) electrons. The lowest BCUT2D eigenvalue weighted by atomic mass is 9.95. The van der Waals surface area contributed by atoms with Crippen LogP contribution in [0.5, 0.6) is 0 Å². The first-order valence-corrected chi connectivity index (χ1v) is 10.1. The van der Waals surface area contributed by atoms with Gasteiger partial charge in [-0.2, -0.15) is 0 Å². The molecule has 1 atom stereocenters. The Kier molecular flexibility index (Phi) is 5.42. The highest BCUT2D eigenvalue weighted by Crippen LogP contribution is 2.42. The normalized spacial score (nSPS) is 18.1. The van der Waals surface area contributed by atoms with Gasteiger partial charge in [-0.25, -0.2) is 0 Å². The number of ketones is 1. The molecule has 1 amide bonds. The number of rotatable bonds is 4. The van der Waals surface area contributed by atoms with E-state index in [4.69, 9.17) is 11.6 Å². The van der Waals surface area contributed by atoms with Crippen LogP contribution in [0, 0.1) is 0 Å². The van der Waals surface area contributed by atoms with Gasteiger partial charge in [-0.05, 0) is 41.8 Å². The highest BCUT2D eigenvalue weighted by Gasteiger charge is 2.46.